The van der Waals surface area contributed by atoms with Gasteiger partial charge in [-0.25, -0.2) is 4.79 Å². The molecular formula is C18H32N4O3. The smallest absolute Gasteiger partial charge is 0.320 e. The lowest BCUT2D eigenvalue weighted by Gasteiger charge is -2.38. The Bertz CT molecular complexity index is 517. The van der Waals surface area contributed by atoms with Crippen LogP contribution in [0.3, 0.4) is 0 Å². The summed E-state index contributed by atoms with van der Waals surface area (Å²) in [6.07, 6.45) is 0.300. The maximum atomic E-state index is 12.8. The minimum absolute atomic E-state index is 0.0482. The Morgan fingerprint density at radius 3 is 2.00 bits per heavy atom. The highest BCUT2D eigenvalue weighted by Crippen LogP contribution is 2.27. The van der Waals surface area contributed by atoms with Gasteiger partial charge in [-0.2, -0.15) is 0 Å². The predicted octanol–water partition coefficient (Wildman–Crippen LogP) is 1.24. The number of nitrogens with zero attached hydrogens (tertiary/aromatic N) is 4. The van der Waals surface area contributed by atoms with Crippen LogP contribution in [0, 0.1) is 5.92 Å². The molecule has 4 amide bonds. The van der Waals surface area contributed by atoms with Crippen molar-refractivity contribution < 1.29 is 14.4 Å². The van der Waals surface area contributed by atoms with E-state index in [4.69, 9.17) is 0 Å². The van der Waals surface area contributed by atoms with Gasteiger partial charge in [0, 0.05) is 57.8 Å². The Balaban J connectivity index is 1.90. The normalized spacial score (nSPS) is 21.7. The van der Waals surface area contributed by atoms with Crippen molar-refractivity contribution in [2.45, 2.75) is 46.6 Å². The van der Waals surface area contributed by atoms with Crippen LogP contribution in [0.2, 0.25) is 0 Å². The van der Waals surface area contributed by atoms with E-state index in [1.165, 1.54) is 0 Å². The lowest BCUT2D eigenvalue weighted by molar-refractivity contribution is -0.137. The van der Waals surface area contributed by atoms with Crippen molar-refractivity contribution in [1.29, 1.82) is 0 Å². The maximum Gasteiger partial charge on any atom is 0.320 e. The van der Waals surface area contributed by atoms with E-state index < -0.39 is 0 Å². The third kappa shape index (κ3) is 4.25. The molecule has 0 aromatic carbocycles. The van der Waals surface area contributed by atoms with Crippen molar-refractivity contribution in [2.75, 3.05) is 45.8 Å². The van der Waals surface area contributed by atoms with Gasteiger partial charge in [0.15, 0.2) is 0 Å². The lowest BCUT2D eigenvalue weighted by Crippen LogP contribution is -2.55. The van der Waals surface area contributed by atoms with Gasteiger partial charge in [-0.3, -0.25) is 9.59 Å². The molecule has 0 radical (unpaired) electrons. The molecule has 2 aliphatic heterocycles. The molecule has 0 N–H and O–H groups in total. The second-order valence-electron chi connectivity index (χ2n) is 7.84. The molecule has 1 unspecified atom stereocenters. The third-order valence-corrected chi connectivity index (χ3v) is 5.18. The molecule has 2 aliphatic rings. The summed E-state index contributed by atoms with van der Waals surface area (Å²) < 4.78 is 0. The number of carbonyl (C=O) groups is 3. The topological polar surface area (TPSA) is 64.2 Å². The van der Waals surface area contributed by atoms with E-state index >= 15 is 0 Å². The van der Waals surface area contributed by atoms with Crippen LogP contribution in [0.15, 0.2) is 0 Å². The van der Waals surface area contributed by atoms with E-state index in [9.17, 15) is 14.4 Å². The van der Waals surface area contributed by atoms with Crippen molar-refractivity contribution in [1.82, 2.24) is 19.6 Å². The van der Waals surface area contributed by atoms with Gasteiger partial charge < -0.3 is 19.6 Å². The van der Waals surface area contributed by atoms with Gasteiger partial charge in [0.2, 0.25) is 11.8 Å². The first-order chi connectivity index (χ1) is 11.7. The predicted molar refractivity (Wildman–Crippen MR) is 96.0 cm³/mol. The van der Waals surface area contributed by atoms with Crippen molar-refractivity contribution >= 4 is 17.8 Å². The van der Waals surface area contributed by atoms with Crippen molar-refractivity contribution in [3.05, 3.63) is 0 Å². The Labute approximate surface area is 150 Å². The van der Waals surface area contributed by atoms with E-state index in [0.717, 1.165) is 0 Å². The Hall–Kier alpha value is -1.79. The minimum Gasteiger partial charge on any atom is -0.339 e. The van der Waals surface area contributed by atoms with E-state index in [1.54, 1.807) is 9.80 Å². The van der Waals surface area contributed by atoms with Gasteiger partial charge >= 0.3 is 6.03 Å². The summed E-state index contributed by atoms with van der Waals surface area (Å²) in [6.45, 7) is 14.0. The van der Waals surface area contributed by atoms with Crippen molar-refractivity contribution in [3.8, 4) is 0 Å². The SMILES string of the molecule is CCN(CC)C(=O)N1CCN(C(=O)C2CC(=O)N(C(C)(C)C)C2)CC1. The monoisotopic (exact) mass is 352 g/mol. The summed E-state index contributed by atoms with van der Waals surface area (Å²) in [7, 11) is 0. The van der Waals surface area contributed by atoms with Gasteiger partial charge in [0.1, 0.15) is 0 Å². The van der Waals surface area contributed by atoms with Crippen molar-refractivity contribution in [3.63, 3.8) is 0 Å². The lowest BCUT2D eigenvalue weighted by atomic mass is 10.1. The molecule has 142 valence electrons. The molecule has 7 nitrogen and oxygen atoms in total. The molecule has 0 aromatic heterocycles. The summed E-state index contributed by atoms with van der Waals surface area (Å²) in [5.74, 6) is -0.145. The van der Waals surface area contributed by atoms with E-state index in [0.29, 0.717) is 52.2 Å². The number of amides is 4. The number of hydrogen-bond acceptors (Lipinski definition) is 3. The molecule has 1 atom stereocenters. The summed E-state index contributed by atoms with van der Waals surface area (Å²) >= 11 is 0. The van der Waals surface area contributed by atoms with Gasteiger partial charge in [-0.1, -0.05) is 0 Å². The molecule has 7 heteroatoms. The van der Waals surface area contributed by atoms with Gasteiger partial charge in [-0.05, 0) is 34.6 Å². The molecular weight excluding hydrogens is 320 g/mol. The fraction of sp³-hybridized carbons (Fsp3) is 0.833. The highest BCUT2D eigenvalue weighted by atomic mass is 16.2. The Morgan fingerprint density at radius 2 is 1.56 bits per heavy atom. The van der Waals surface area contributed by atoms with Crippen LogP contribution < -0.4 is 0 Å². The van der Waals surface area contributed by atoms with Crippen LogP contribution >= 0.6 is 0 Å². The zero-order valence-electron chi connectivity index (χ0n) is 16.2. The number of likely N-dealkylation sites (tertiary alicyclic amines) is 1. The van der Waals surface area contributed by atoms with Gasteiger partial charge in [0.05, 0.1) is 5.92 Å². The van der Waals surface area contributed by atoms with Crippen LogP contribution in [0.1, 0.15) is 41.0 Å². The average Bonchev–Trinajstić information content (AvgIpc) is 2.97. The summed E-state index contributed by atoms with van der Waals surface area (Å²) in [6, 6.07) is 0.0482. The number of urea groups is 1. The number of hydrogen-bond donors (Lipinski definition) is 0. The van der Waals surface area contributed by atoms with Crippen LogP contribution in [-0.2, 0) is 9.59 Å². The molecule has 2 fully saturated rings. The van der Waals surface area contributed by atoms with E-state index in [-0.39, 0.29) is 29.3 Å². The number of carbonyl (C=O) groups excluding carboxylic acids is 3. The molecule has 0 saturated carbocycles. The standard InChI is InChI=1S/C18H32N4O3/c1-6-19(7-2)17(25)21-10-8-20(9-11-21)16(24)14-12-15(23)22(13-14)18(3,4)5/h14H,6-13H2,1-5H3. The first kappa shape index (κ1) is 19.5. The van der Waals surface area contributed by atoms with Crippen LogP contribution in [0.25, 0.3) is 0 Å². The first-order valence-electron chi connectivity index (χ1n) is 9.32. The second-order valence-corrected chi connectivity index (χ2v) is 7.84. The molecule has 0 aliphatic carbocycles. The molecule has 0 bridgehead atoms. The first-order valence-corrected chi connectivity index (χ1v) is 9.32. The van der Waals surface area contributed by atoms with Crippen LogP contribution in [0.4, 0.5) is 4.79 Å². The largest absolute Gasteiger partial charge is 0.339 e. The average molecular weight is 352 g/mol. The van der Waals surface area contributed by atoms with Crippen LogP contribution in [-0.4, -0.2) is 88.8 Å². The molecule has 0 aromatic rings. The Kier molecular flexibility index (Phi) is 5.95. The van der Waals surface area contributed by atoms with E-state index in [1.807, 2.05) is 44.4 Å². The number of piperazine rings is 1. The highest BCUT2D eigenvalue weighted by Gasteiger charge is 2.41. The zero-order valence-corrected chi connectivity index (χ0v) is 16.2. The molecule has 2 saturated heterocycles. The number of rotatable bonds is 3. The molecule has 2 rings (SSSR count). The third-order valence-electron chi connectivity index (χ3n) is 5.18. The van der Waals surface area contributed by atoms with Crippen molar-refractivity contribution in [2.24, 2.45) is 5.92 Å². The summed E-state index contributed by atoms with van der Waals surface area (Å²) in [4.78, 5) is 44.6. The van der Waals surface area contributed by atoms with Crippen LogP contribution in [0.5, 0.6) is 0 Å². The summed E-state index contributed by atoms with van der Waals surface area (Å²) in [5, 5.41) is 0. The highest BCUT2D eigenvalue weighted by molar-refractivity contribution is 5.89. The van der Waals surface area contributed by atoms with Gasteiger partial charge in [-0.15, -0.1) is 0 Å². The van der Waals surface area contributed by atoms with Gasteiger partial charge in [0.25, 0.3) is 0 Å². The molecule has 2 heterocycles. The summed E-state index contributed by atoms with van der Waals surface area (Å²) in [5.41, 5.74) is -0.249. The van der Waals surface area contributed by atoms with E-state index in [2.05, 4.69) is 0 Å². The molecule has 0 spiro atoms. The molecule has 25 heavy (non-hydrogen) atoms. The fourth-order valence-corrected chi connectivity index (χ4v) is 3.59. The minimum atomic E-state index is -0.253. The zero-order chi connectivity index (χ0) is 18.8. The Morgan fingerprint density at radius 1 is 1.04 bits per heavy atom. The quantitative estimate of drug-likeness (QED) is 0.768. The second kappa shape index (κ2) is 7.62. The maximum absolute atomic E-state index is 12.8. The fourth-order valence-electron chi connectivity index (χ4n) is 3.59.